The Labute approximate surface area is 75.8 Å². The quantitative estimate of drug-likeness (QED) is 0.424. The molecule has 6 heteroatoms. The maximum Gasteiger partial charge on any atom is 0.265 e. The van der Waals surface area contributed by atoms with Crippen LogP contribution in [0.15, 0.2) is 4.99 Å². The first kappa shape index (κ1) is 12.1. The molecule has 1 unspecified atom stereocenters. The highest BCUT2D eigenvalue weighted by molar-refractivity contribution is 5.77. The molecular weight excluding hydrogens is 180 g/mol. The lowest BCUT2D eigenvalue weighted by Crippen LogP contribution is -2.33. The fourth-order valence-electron chi connectivity index (χ4n) is 0.581. The molecule has 0 saturated heterocycles. The number of nitrogens with zero attached hydrogens (tertiary/aromatic N) is 1. The highest BCUT2D eigenvalue weighted by Gasteiger charge is 2.15. The highest BCUT2D eigenvalue weighted by atomic mass is 19.3. The molecule has 0 saturated carbocycles. The van der Waals surface area contributed by atoms with Crippen molar-refractivity contribution in [2.24, 2.45) is 10.7 Å². The molecule has 13 heavy (non-hydrogen) atoms. The minimum atomic E-state index is -2.78. The van der Waals surface area contributed by atoms with Crippen molar-refractivity contribution in [1.82, 2.24) is 5.32 Å². The summed E-state index contributed by atoms with van der Waals surface area (Å²) in [5, 5.41) is 11.4. The number of nitrogens with one attached hydrogen (secondary N) is 1. The van der Waals surface area contributed by atoms with Gasteiger partial charge in [0, 0.05) is 6.54 Å². The number of hydrogen-bond donors (Lipinski definition) is 3. The van der Waals surface area contributed by atoms with E-state index in [2.05, 4.69) is 10.3 Å². The van der Waals surface area contributed by atoms with Crippen LogP contribution in [0.25, 0.3) is 0 Å². The van der Waals surface area contributed by atoms with Gasteiger partial charge in [-0.1, -0.05) is 6.92 Å². The molecule has 0 aromatic heterocycles. The molecule has 1 atom stereocenters. The Kier molecular flexibility index (Phi) is 6.13. The molecule has 0 rings (SSSR count). The average molecular weight is 195 g/mol. The molecule has 0 aromatic rings. The van der Waals surface area contributed by atoms with Crippen molar-refractivity contribution in [3.05, 3.63) is 0 Å². The fourth-order valence-corrected chi connectivity index (χ4v) is 0.581. The Hall–Kier alpha value is -0.910. The van der Waals surface area contributed by atoms with E-state index in [0.717, 1.165) is 6.42 Å². The van der Waals surface area contributed by atoms with Crippen molar-refractivity contribution in [2.75, 3.05) is 13.1 Å². The number of aliphatic imine (C=N–C) groups is 1. The van der Waals surface area contributed by atoms with Crippen LogP contribution in [-0.4, -0.2) is 36.7 Å². The number of guanidine groups is 1. The van der Waals surface area contributed by atoms with Gasteiger partial charge >= 0.3 is 0 Å². The number of halogens is 2. The van der Waals surface area contributed by atoms with E-state index in [1.807, 2.05) is 6.92 Å². The summed E-state index contributed by atoms with van der Waals surface area (Å²) in [6.45, 7) is 2.20. The van der Waals surface area contributed by atoms with E-state index < -0.39 is 12.5 Å². The minimum Gasteiger partial charge on any atom is -0.385 e. The van der Waals surface area contributed by atoms with Crippen molar-refractivity contribution < 1.29 is 13.9 Å². The highest BCUT2D eigenvalue weighted by Crippen LogP contribution is 1.99. The fraction of sp³-hybridized carbons (Fsp3) is 0.857. The van der Waals surface area contributed by atoms with Gasteiger partial charge in [0.05, 0.1) is 6.54 Å². The van der Waals surface area contributed by atoms with E-state index in [9.17, 15) is 8.78 Å². The molecule has 0 amide bonds. The van der Waals surface area contributed by atoms with Crippen LogP contribution in [0.5, 0.6) is 0 Å². The van der Waals surface area contributed by atoms with Gasteiger partial charge in [-0.2, -0.15) is 0 Å². The summed E-state index contributed by atoms with van der Waals surface area (Å²) < 4.78 is 23.5. The Morgan fingerprint density at radius 1 is 1.62 bits per heavy atom. The Morgan fingerprint density at radius 2 is 2.23 bits per heavy atom. The number of rotatable bonds is 5. The summed E-state index contributed by atoms with van der Waals surface area (Å²) in [5.41, 5.74) is 5.29. The van der Waals surface area contributed by atoms with Crippen LogP contribution in [-0.2, 0) is 0 Å². The summed E-state index contributed by atoms with van der Waals surface area (Å²) in [6, 6.07) is 0. The van der Waals surface area contributed by atoms with Gasteiger partial charge in [-0.25, -0.2) is 8.78 Å². The standard InChI is InChI=1S/C7H15F2N3O/c1-2-3-11-7(10)12-4-5(13)6(8)9/h5-6,13H,2-4H2,1H3,(H3,10,11,12). The molecule has 0 heterocycles. The van der Waals surface area contributed by atoms with E-state index in [1.165, 1.54) is 0 Å². The zero-order valence-electron chi connectivity index (χ0n) is 7.50. The number of aliphatic hydroxyl groups excluding tert-OH is 1. The second-order valence-electron chi connectivity index (χ2n) is 2.55. The van der Waals surface area contributed by atoms with Gasteiger partial charge in [-0.15, -0.1) is 0 Å². The summed E-state index contributed by atoms with van der Waals surface area (Å²) in [7, 11) is 0. The van der Waals surface area contributed by atoms with E-state index in [-0.39, 0.29) is 12.5 Å². The first-order valence-corrected chi connectivity index (χ1v) is 4.08. The Bertz CT molecular complexity index is 164. The van der Waals surface area contributed by atoms with Gasteiger partial charge in [-0.3, -0.25) is 4.99 Å². The van der Waals surface area contributed by atoms with E-state index in [4.69, 9.17) is 10.8 Å². The van der Waals surface area contributed by atoms with Crippen LogP contribution >= 0.6 is 0 Å². The maximum absolute atomic E-state index is 11.8. The van der Waals surface area contributed by atoms with Crippen LogP contribution in [0.4, 0.5) is 8.78 Å². The first-order valence-electron chi connectivity index (χ1n) is 4.08. The van der Waals surface area contributed by atoms with Gasteiger partial charge < -0.3 is 16.2 Å². The molecule has 0 radical (unpaired) electrons. The molecule has 0 aliphatic carbocycles. The zero-order chi connectivity index (χ0) is 10.3. The van der Waals surface area contributed by atoms with Crippen LogP contribution in [0.3, 0.4) is 0 Å². The third kappa shape index (κ3) is 6.27. The van der Waals surface area contributed by atoms with Gasteiger partial charge in [0.2, 0.25) is 0 Å². The molecule has 0 spiro atoms. The lowest BCUT2D eigenvalue weighted by Gasteiger charge is -2.07. The Morgan fingerprint density at radius 3 is 2.69 bits per heavy atom. The lowest BCUT2D eigenvalue weighted by atomic mass is 10.4. The third-order valence-electron chi connectivity index (χ3n) is 1.30. The second-order valence-corrected chi connectivity index (χ2v) is 2.55. The molecule has 0 aliphatic heterocycles. The van der Waals surface area contributed by atoms with Crippen molar-refractivity contribution in [3.63, 3.8) is 0 Å². The van der Waals surface area contributed by atoms with Gasteiger partial charge in [0.15, 0.2) is 5.96 Å². The molecule has 0 bridgehead atoms. The monoisotopic (exact) mass is 195 g/mol. The lowest BCUT2D eigenvalue weighted by molar-refractivity contribution is 0.00175. The van der Waals surface area contributed by atoms with Crippen LogP contribution in [0.1, 0.15) is 13.3 Å². The average Bonchev–Trinajstić information content (AvgIpc) is 2.10. The van der Waals surface area contributed by atoms with E-state index >= 15 is 0 Å². The van der Waals surface area contributed by atoms with Crippen LogP contribution in [0, 0.1) is 0 Å². The molecule has 0 aromatic carbocycles. The summed E-state index contributed by atoms with van der Waals surface area (Å²) in [4.78, 5) is 3.54. The second kappa shape index (κ2) is 6.59. The van der Waals surface area contributed by atoms with Gasteiger partial charge in [0.1, 0.15) is 6.10 Å². The van der Waals surface area contributed by atoms with Gasteiger partial charge in [0.25, 0.3) is 6.43 Å². The smallest absolute Gasteiger partial charge is 0.265 e. The van der Waals surface area contributed by atoms with Crippen molar-refractivity contribution in [3.8, 4) is 0 Å². The minimum absolute atomic E-state index is 0.0848. The normalized spacial score (nSPS) is 14.7. The molecule has 0 fully saturated rings. The third-order valence-corrected chi connectivity index (χ3v) is 1.30. The first-order chi connectivity index (χ1) is 6.07. The molecule has 0 aliphatic rings. The number of hydrogen-bond acceptors (Lipinski definition) is 2. The van der Waals surface area contributed by atoms with E-state index in [1.54, 1.807) is 0 Å². The predicted molar refractivity (Wildman–Crippen MR) is 46.8 cm³/mol. The predicted octanol–water partition coefficient (Wildman–Crippen LogP) is -0.0733. The van der Waals surface area contributed by atoms with Crippen LogP contribution < -0.4 is 11.1 Å². The SMILES string of the molecule is CCCNC(N)=NCC(O)C(F)F. The number of nitrogens with two attached hydrogens (primary N) is 1. The number of aliphatic hydroxyl groups is 1. The van der Waals surface area contributed by atoms with Crippen LogP contribution in [0.2, 0.25) is 0 Å². The summed E-state index contributed by atoms with van der Waals surface area (Å²) in [6.07, 6.45) is -3.64. The van der Waals surface area contributed by atoms with Gasteiger partial charge in [-0.05, 0) is 6.42 Å². The largest absolute Gasteiger partial charge is 0.385 e. The zero-order valence-corrected chi connectivity index (χ0v) is 7.50. The molecular formula is C7H15F2N3O. The Balaban J connectivity index is 3.69. The topological polar surface area (TPSA) is 70.6 Å². The molecule has 4 nitrogen and oxygen atoms in total. The van der Waals surface area contributed by atoms with Crippen molar-refractivity contribution in [2.45, 2.75) is 25.9 Å². The maximum atomic E-state index is 11.8. The van der Waals surface area contributed by atoms with Crippen molar-refractivity contribution >= 4 is 5.96 Å². The van der Waals surface area contributed by atoms with Crippen molar-refractivity contribution in [1.29, 1.82) is 0 Å². The summed E-state index contributed by atoms with van der Waals surface area (Å²) in [5.74, 6) is 0.0848. The molecule has 4 N–H and O–H groups in total. The van der Waals surface area contributed by atoms with E-state index in [0.29, 0.717) is 6.54 Å². The number of alkyl halides is 2. The molecule has 78 valence electrons. The summed E-state index contributed by atoms with van der Waals surface area (Å²) >= 11 is 0.